The Hall–Kier alpha value is -3.81. The molecule has 0 aliphatic carbocycles. The standard InChI is InChI=1S/C30H30F5N3O2/c1-18(2)25(29(40)37-24(17-36)16-19-6-4-3-5-7-19)38-27(30(33,34)35)23-14-10-21(11-15-23)20-8-12-22(13-9-20)26(39)28(31)32/h3-15,18,24-28,38-39H,16H2,1-2H3,(H,37,40)/t24-,25?,26+,27-/m0/s1. The van der Waals surface area contributed by atoms with Gasteiger partial charge in [0.1, 0.15) is 18.2 Å². The normalized spacial score (nSPS) is 14.8. The number of nitriles is 1. The summed E-state index contributed by atoms with van der Waals surface area (Å²) in [4.78, 5) is 13.0. The molecule has 10 heteroatoms. The van der Waals surface area contributed by atoms with Crippen LogP contribution in [0.15, 0.2) is 78.9 Å². The number of benzene rings is 3. The minimum atomic E-state index is -4.74. The van der Waals surface area contributed by atoms with Gasteiger partial charge in [-0.3, -0.25) is 10.1 Å². The molecule has 40 heavy (non-hydrogen) atoms. The fraction of sp³-hybridized carbons (Fsp3) is 0.333. The first-order valence-corrected chi connectivity index (χ1v) is 12.6. The van der Waals surface area contributed by atoms with Crippen molar-refractivity contribution in [2.24, 2.45) is 5.92 Å². The van der Waals surface area contributed by atoms with Gasteiger partial charge < -0.3 is 10.4 Å². The fourth-order valence-corrected chi connectivity index (χ4v) is 4.26. The summed E-state index contributed by atoms with van der Waals surface area (Å²) in [6.07, 6.45) is -9.40. The lowest BCUT2D eigenvalue weighted by molar-refractivity contribution is -0.161. The molecule has 212 valence electrons. The fourth-order valence-electron chi connectivity index (χ4n) is 4.26. The van der Waals surface area contributed by atoms with Crippen molar-refractivity contribution in [3.05, 3.63) is 95.6 Å². The van der Waals surface area contributed by atoms with Crippen molar-refractivity contribution in [1.29, 1.82) is 5.26 Å². The monoisotopic (exact) mass is 559 g/mol. The summed E-state index contributed by atoms with van der Waals surface area (Å²) in [7, 11) is 0. The first-order valence-electron chi connectivity index (χ1n) is 12.6. The average Bonchev–Trinajstić information content (AvgIpc) is 2.92. The van der Waals surface area contributed by atoms with Gasteiger partial charge >= 0.3 is 6.18 Å². The van der Waals surface area contributed by atoms with E-state index in [1.54, 1.807) is 38.1 Å². The van der Waals surface area contributed by atoms with E-state index < -0.39 is 48.7 Å². The molecule has 0 spiro atoms. The van der Waals surface area contributed by atoms with E-state index in [1.165, 1.54) is 48.5 Å². The van der Waals surface area contributed by atoms with Gasteiger partial charge in [-0.2, -0.15) is 18.4 Å². The Balaban J connectivity index is 1.78. The first-order chi connectivity index (χ1) is 18.9. The number of halogens is 5. The van der Waals surface area contributed by atoms with Crippen LogP contribution in [0.5, 0.6) is 0 Å². The largest absolute Gasteiger partial charge is 0.407 e. The van der Waals surface area contributed by atoms with E-state index >= 15 is 0 Å². The molecule has 3 N–H and O–H groups in total. The molecular weight excluding hydrogens is 529 g/mol. The van der Waals surface area contributed by atoms with Crippen LogP contribution in [0, 0.1) is 17.2 Å². The SMILES string of the molecule is CC(C)C(N[C@@H](c1ccc(-c2ccc([C@@H](O)C(F)F)cc2)cc1)C(F)(F)F)C(=O)N[C@H](C#N)Cc1ccccc1. The molecule has 0 heterocycles. The molecule has 0 aliphatic rings. The topological polar surface area (TPSA) is 85.2 Å². The Bertz CT molecular complexity index is 1270. The average molecular weight is 560 g/mol. The number of carbonyl (C=O) groups is 1. The number of aliphatic hydroxyl groups excluding tert-OH is 1. The predicted octanol–water partition coefficient (Wildman–Crippen LogP) is 6.12. The van der Waals surface area contributed by atoms with E-state index in [4.69, 9.17) is 0 Å². The van der Waals surface area contributed by atoms with Crippen molar-refractivity contribution in [3.8, 4) is 17.2 Å². The number of nitrogens with one attached hydrogen (secondary N) is 2. The van der Waals surface area contributed by atoms with Crippen LogP contribution < -0.4 is 10.6 Å². The molecule has 3 rings (SSSR count). The van der Waals surface area contributed by atoms with E-state index in [9.17, 15) is 37.1 Å². The highest BCUT2D eigenvalue weighted by molar-refractivity contribution is 5.82. The van der Waals surface area contributed by atoms with Crippen LogP contribution in [0.4, 0.5) is 22.0 Å². The van der Waals surface area contributed by atoms with Crippen molar-refractivity contribution in [1.82, 2.24) is 10.6 Å². The Kier molecular flexibility index (Phi) is 10.4. The van der Waals surface area contributed by atoms with Gasteiger partial charge in [-0.25, -0.2) is 8.78 Å². The Morgan fingerprint density at radius 2 is 1.43 bits per heavy atom. The summed E-state index contributed by atoms with van der Waals surface area (Å²) in [6, 6.07) is 17.8. The number of aliphatic hydroxyl groups is 1. The van der Waals surface area contributed by atoms with Gasteiger partial charge in [0, 0.05) is 6.42 Å². The van der Waals surface area contributed by atoms with Crippen LogP contribution in [0.1, 0.15) is 42.7 Å². The van der Waals surface area contributed by atoms with E-state index in [0.717, 1.165) is 5.56 Å². The highest BCUT2D eigenvalue weighted by Crippen LogP contribution is 2.35. The van der Waals surface area contributed by atoms with Crippen LogP contribution >= 0.6 is 0 Å². The summed E-state index contributed by atoms with van der Waals surface area (Å²) in [5.41, 5.74) is 1.81. The highest BCUT2D eigenvalue weighted by atomic mass is 19.4. The third-order valence-electron chi connectivity index (χ3n) is 6.45. The maximum absolute atomic E-state index is 14.2. The Morgan fingerprint density at radius 3 is 1.88 bits per heavy atom. The molecule has 5 nitrogen and oxygen atoms in total. The lowest BCUT2D eigenvalue weighted by Gasteiger charge is -2.30. The van der Waals surface area contributed by atoms with Crippen molar-refractivity contribution in [2.45, 2.75) is 57.1 Å². The van der Waals surface area contributed by atoms with Gasteiger partial charge in [-0.15, -0.1) is 0 Å². The number of nitrogens with zero attached hydrogens (tertiary/aromatic N) is 1. The summed E-state index contributed by atoms with van der Waals surface area (Å²) >= 11 is 0. The van der Waals surface area contributed by atoms with E-state index in [0.29, 0.717) is 11.1 Å². The van der Waals surface area contributed by atoms with Gasteiger partial charge in [-0.05, 0) is 33.7 Å². The zero-order valence-electron chi connectivity index (χ0n) is 21.9. The molecule has 0 radical (unpaired) electrons. The lowest BCUT2D eigenvalue weighted by atomic mass is 9.96. The highest BCUT2D eigenvalue weighted by Gasteiger charge is 2.43. The molecule has 3 aromatic rings. The second-order valence-electron chi connectivity index (χ2n) is 9.77. The van der Waals surface area contributed by atoms with Crippen LogP contribution in [0.25, 0.3) is 11.1 Å². The molecule has 0 saturated heterocycles. The summed E-state index contributed by atoms with van der Waals surface area (Å²) in [6.45, 7) is 3.22. The van der Waals surface area contributed by atoms with Crippen LogP contribution in [0.2, 0.25) is 0 Å². The minimum Gasteiger partial charge on any atom is -0.382 e. The summed E-state index contributed by atoms with van der Waals surface area (Å²) < 4.78 is 68.0. The van der Waals surface area contributed by atoms with Crippen LogP contribution in [0.3, 0.4) is 0 Å². The molecular formula is C30H30F5N3O2. The molecule has 0 bridgehead atoms. The third kappa shape index (κ3) is 8.10. The third-order valence-corrected chi connectivity index (χ3v) is 6.45. The summed E-state index contributed by atoms with van der Waals surface area (Å²) in [5, 5.41) is 24.0. The van der Waals surface area contributed by atoms with Crippen molar-refractivity contribution < 1.29 is 31.9 Å². The maximum atomic E-state index is 14.2. The molecule has 0 aromatic heterocycles. The lowest BCUT2D eigenvalue weighted by Crippen LogP contribution is -2.53. The minimum absolute atomic E-state index is 0.0251. The van der Waals surface area contributed by atoms with Gasteiger partial charge in [0.2, 0.25) is 5.91 Å². The van der Waals surface area contributed by atoms with Gasteiger partial charge in [0.25, 0.3) is 6.43 Å². The number of amides is 1. The van der Waals surface area contributed by atoms with Gasteiger partial charge in [0.05, 0.1) is 12.1 Å². The quantitative estimate of drug-likeness (QED) is 0.247. The van der Waals surface area contributed by atoms with Crippen LogP contribution in [-0.4, -0.2) is 35.7 Å². The molecule has 0 saturated carbocycles. The molecule has 3 aromatic carbocycles. The number of carbonyl (C=O) groups excluding carboxylic acids is 1. The zero-order chi connectivity index (χ0) is 29.4. The van der Waals surface area contributed by atoms with E-state index in [2.05, 4.69) is 10.6 Å². The Labute approximate surface area is 229 Å². The maximum Gasteiger partial charge on any atom is 0.407 e. The predicted molar refractivity (Wildman–Crippen MR) is 141 cm³/mol. The van der Waals surface area contributed by atoms with E-state index in [-0.39, 0.29) is 17.5 Å². The van der Waals surface area contributed by atoms with Gasteiger partial charge in [-0.1, -0.05) is 92.7 Å². The number of alkyl halides is 5. The molecule has 0 aliphatic heterocycles. The second kappa shape index (κ2) is 13.5. The molecule has 1 unspecified atom stereocenters. The number of rotatable bonds is 11. The molecule has 0 fully saturated rings. The Morgan fingerprint density at radius 1 is 0.900 bits per heavy atom. The first kappa shape index (κ1) is 30.7. The van der Waals surface area contributed by atoms with Gasteiger partial charge in [0.15, 0.2) is 0 Å². The number of hydrogen-bond donors (Lipinski definition) is 3. The van der Waals surface area contributed by atoms with Crippen molar-refractivity contribution >= 4 is 5.91 Å². The second-order valence-corrected chi connectivity index (χ2v) is 9.77. The van der Waals surface area contributed by atoms with Crippen LogP contribution in [-0.2, 0) is 11.2 Å². The molecule has 4 atom stereocenters. The smallest absolute Gasteiger partial charge is 0.382 e. The van der Waals surface area contributed by atoms with Crippen molar-refractivity contribution in [3.63, 3.8) is 0 Å². The molecule has 1 amide bonds. The zero-order valence-corrected chi connectivity index (χ0v) is 21.9. The van der Waals surface area contributed by atoms with E-state index in [1.807, 2.05) is 12.1 Å². The van der Waals surface area contributed by atoms with Crippen molar-refractivity contribution in [2.75, 3.05) is 0 Å². The summed E-state index contributed by atoms with van der Waals surface area (Å²) in [5.74, 6) is -1.24. The number of hydrogen-bond acceptors (Lipinski definition) is 4.